The Balaban J connectivity index is 2.65. The summed E-state index contributed by atoms with van der Waals surface area (Å²) in [4.78, 5) is 0. The first-order valence-corrected chi connectivity index (χ1v) is 12.8. The third-order valence-electron chi connectivity index (χ3n) is 6.35. The summed E-state index contributed by atoms with van der Waals surface area (Å²) in [5, 5.41) is 0. The lowest BCUT2D eigenvalue weighted by molar-refractivity contribution is 0.622. The third-order valence-corrected chi connectivity index (χ3v) is 6.35. The highest BCUT2D eigenvalue weighted by Gasteiger charge is 2.08. The van der Waals surface area contributed by atoms with Gasteiger partial charge in [0, 0.05) is 0 Å². The second kappa shape index (κ2) is 17.1. The topological polar surface area (TPSA) is 0 Å². The molecule has 1 aromatic carbocycles. The van der Waals surface area contributed by atoms with Crippen LogP contribution in [-0.2, 0) is 19.3 Å². The van der Waals surface area contributed by atoms with Crippen LogP contribution in [0.25, 0.3) is 0 Å². The fourth-order valence-electron chi connectivity index (χ4n) is 4.35. The van der Waals surface area contributed by atoms with Gasteiger partial charge in [0.15, 0.2) is 0 Å². The number of hydrogen-bond acceptors (Lipinski definition) is 0. The van der Waals surface area contributed by atoms with Gasteiger partial charge in [-0.25, -0.2) is 0 Å². The Morgan fingerprint density at radius 1 is 0.464 bits per heavy atom. The third kappa shape index (κ3) is 11.3. The molecule has 0 aliphatic carbocycles. The van der Waals surface area contributed by atoms with Crippen molar-refractivity contribution in [1.29, 1.82) is 0 Å². The molecule has 0 saturated heterocycles. The Labute approximate surface area is 177 Å². The maximum absolute atomic E-state index is 2.57. The molecule has 0 fully saturated rings. The molecule has 0 amide bonds. The van der Waals surface area contributed by atoms with Gasteiger partial charge in [0.1, 0.15) is 0 Å². The summed E-state index contributed by atoms with van der Waals surface area (Å²) in [5.74, 6) is 0. The van der Waals surface area contributed by atoms with Crippen molar-refractivity contribution in [3.63, 3.8) is 0 Å². The van der Waals surface area contributed by atoms with E-state index in [-0.39, 0.29) is 0 Å². The zero-order valence-corrected chi connectivity index (χ0v) is 19.9. The maximum Gasteiger partial charge on any atom is -0.0276 e. The average Bonchev–Trinajstić information content (AvgIpc) is 2.70. The molecular formula is C28H50. The van der Waals surface area contributed by atoms with Gasteiger partial charge in [0.05, 0.1) is 0 Å². The molecule has 0 spiro atoms. The van der Waals surface area contributed by atoms with Crippen LogP contribution in [0.5, 0.6) is 0 Å². The summed E-state index contributed by atoms with van der Waals surface area (Å²) in [6.45, 7) is 9.31. The van der Waals surface area contributed by atoms with E-state index in [1.807, 2.05) is 0 Å². The second-order valence-electron chi connectivity index (χ2n) is 9.03. The first-order valence-electron chi connectivity index (χ1n) is 12.8. The van der Waals surface area contributed by atoms with E-state index in [9.17, 15) is 0 Å². The predicted octanol–water partition coefficient (Wildman–Crippen LogP) is 9.53. The van der Waals surface area contributed by atoms with Gasteiger partial charge in [-0.2, -0.15) is 0 Å². The van der Waals surface area contributed by atoms with Crippen molar-refractivity contribution in [2.24, 2.45) is 0 Å². The lowest BCUT2D eigenvalue weighted by Crippen LogP contribution is -2.01. The van der Waals surface area contributed by atoms with Gasteiger partial charge in [0.2, 0.25) is 0 Å². The molecule has 0 nitrogen and oxygen atoms in total. The van der Waals surface area contributed by atoms with E-state index in [1.54, 1.807) is 22.3 Å². The van der Waals surface area contributed by atoms with Crippen molar-refractivity contribution in [1.82, 2.24) is 0 Å². The average molecular weight is 387 g/mol. The monoisotopic (exact) mass is 386 g/mol. The van der Waals surface area contributed by atoms with Crippen LogP contribution in [0.1, 0.15) is 139 Å². The molecule has 0 heteroatoms. The number of unbranched alkanes of at least 4 members (excludes halogenated alkanes) is 12. The van der Waals surface area contributed by atoms with E-state index in [0.717, 1.165) is 0 Å². The van der Waals surface area contributed by atoms with Crippen molar-refractivity contribution in [3.05, 3.63) is 34.4 Å². The molecule has 1 aromatic rings. The SMILES string of the molecule is CCCCCCCc1cc(CCCCCCC)c(C)c(CCCCCCC)c1. The standard InChI is InChI=1S/C28H50/c1-5-8-11-14-17-20-26-23-27(21-18-15-12-9-6-2)25(4)28(24-26)22-19-16-13-10-7-3/h23-24H,5-22H2,1-4H3. The fraction of sp³-hybridized carbons (Fsp3) is 0.786. The van der Waals surface area contributed by atoms with Crippen LogP contribution in [0.4, 0.5) is 0 Å². The van der Waals surface area contributed by atoms with Crippen LogP contribution in [0, 0.1) is 6.92 Å². The van der Waals surface area contributed by atoms with Crippen LogP contribution >= 0.6 is 0 Å². The van der Waals surface area contributed by atoms with Crippen LogP contribution in [0.2, 0.25) is 0 Å². The van der Waals surface area contributed by atoms with Crippen LogP contribution in [-0.4, -0.2) is 0 Å². The molecule has 0 unspecified atom stereocenters. The Hall–Kier alpha value is -0.780. The van der Waals surface area contributed by atoms with Crippen molar-refractivity contribution >= 4 is 0 Å². The molecular weight excluding hydrogens is 336 g/mol. The van der Waals surface area contributed by atoms with Crippen LogP contribution in [0.15, 0.2) is 12.1 Å². The summed E-state index contributed by atoms with van der Waals surface area (Å²) in [5.41, 5.74) is 6.55. The van der Waals surface area contributed by atoms with Gasteiger partial charge in [-0.05, 0) is 67.7 Å². The quantitative estimate of drug-likeness (QED) is 0.220. The fourth-order valence-corrected chi connectivity index (χ4v) is 4.35. The lowest BCUT2D eigenvalue weighted by atomic mass is 9.90. The van der Waals surface area contributed by atoms with Crippen molar-refractivity contribution in [3.8, 4) is 0 Å². The van der Waals surface area contributed by atoms with E-state index in [2.05, 4.69) is 39.8 Å². The summed E-state index contributed by atoms with van der Waals surface area (Å²) in [6.07, 6.45) is 24.7. The minimum Gasteiger partial charge on any atom is -0.0654 e. The van der Waals surface area contributed by atoms with Gasteiger partial charge in [-0.3, -0.25) is 0 Å². The van der Waals surface area contributed by atoms with E-state index in [4.69, 9.17) is 0 Å². The molecule has 0 saturated carbocycles. The highest BCUT2D eigenvalue weighted by atomic mass is 14.1. The highest BCUT2D eigenvalue weighted by Crippen LogP contribution is 2.23. The zero-order chi connectivity index (χ0) is 20.5. The number of hydrogen-bond donors (Lipinski definition) is 0. The molecule has 0 radical (unpaired) electrons. The summed E-state index contributed by atoms with van der Waals surface area (Å²) in [7, 11) is 0. The molecule has 0 atom stereocenters. The first kappa shape index (κ1) is 25.3. The normalized spacial score (nSPS) is 11.3. The minimum atomic E-state index is 1.29. The van der Waals surface area contributed by atoms with Gasteiger partial charge in [-0.1, -0.05) is 110 Å². The molecule has 162 valence electrons. The van der Waals surface area contributed by atoms with Gasteiger partial charge in [0.25, 0.3) is 0 Å². The number of benzene rings is 1. The van der Waals surface area contributed by atoms with E-state index in [0.29, 0.717) is 0 Å². The summed E-state index contributed by atoms with van der Waals surface area (Å²) in [6, 6.07) is 5.13. The first-order chi connectivity index (χ1) is 13.7. The van der Waals surface area contributed by atoms with Crippen molar-refractivity contribution in [2.75, 3.05) is 0 Å². The molecule has 0 heterocycles. The van der Waals surface area contributed by atoms with Crippen LogP contribution < -0.4 is 0 Å². The second-order valence-corrected chi connectivity index (χ2v) is 9.03. The highest BCUT2D eigenvalue weighted by molar-refractivity contribution is 5.39. The molecule has 0 aliphatic heterocycles. The van der Waals surface area contributed by atoms with Gasteiger partial charge in [-0.15, -0.1) is 0 Å². The Kier molecular flexibility index (Phi) is 15.4. The van der Waals surface area contributed by atoms with Gasteiger partial charge >= 0.3 is 0 Å². The molecule has 1 rings (SSSR count). The molecule has 0 aromatic heterocycles. The molecule has 28 heavy (non-hydrogen) atoms. The minimum absolute atomic E-state index is 1.29. The molecule has 0 N–H and O–H groups in total. The molecule has 0 bridgehead atoms. The Morgan fingerprint density at radius 2 is 0.821 bits per heavy atom. The Morgan fingerprint density at radius 3 is 1.21 bits per heavy atom. The van der Waals surface area contributed by atoms with Crippen LogP contribution in [0.3, 0.4) is 0 Å². The largest absolute Gasteiger partial charge is 0.0654 e. The number of aryl methyl sites for hydroxylation is 3. The van der Waals surface area contributed by atoms with E-state index < -0.39 is 0 Å². The summed E-state index contributed by atoms with van der Waals surface area (Å²) >= 11 is 0. The predicted molar refractivity (Wildman–Crippen MR) is 129 cm³/mol. The lowest BCUT2D eigenvalue weighted by Gasteiger charge is -2.15. The smallest absolute Gasteiger partial charge is 0.0276 e. The molecule has 0 aliphatic rings. The van der Waals surface area contributed by atoms with E-state index >= 15 is 0 Å². The number of rotatable bonds is 18. The zero-order valence-electron chi connectivity index (χ0n) is 19.9. The maximum atomic E-state index is 2.57. The van der Waals surface area contributed by atoms with Crippen molar-refractivity contribution in [2.45, 2.75) is 143 Å². The van der Waals surface area contributed by atoms with Gasteiger partial charge < -0.3 is 0 Å². The Bertz CT molecular complexity index is 450. The summed E-state index contributed by atoms with van der Waals surface area (Å²) < 4.78 is 0. The van der Waals surface area contributed by atoms with E-state index in [1.165, 1.54) is 116 Å². The van der Waals surface area contributed by atoms with Crippen molar-refractivity contribution < 1.29 is 0 Å².